The molecule has 62 valence electrons. The van der Waals surface area contributed by atoms with E-state index in [9.17, 15) is 0 Å². The second-order valence-electron chi connectivity index (χ2n) is 3.56. The monoisotopic (exact) mass is 156 g/mol. The van der Waals surface area contributed by atoms with E-state index in [-0.39, 0.29) is 5.79 Å². The van der Waals surface area contributed by atoms with Gasteiger partial charge in [-0.15, -0.1) is 0 Å². The van der Waals surface area contributed by atoms with Crippen LogP contribution in [0.4, 0.5) is 0 Å². The molecule has 0 aromatic carbocycles. The number of hydrogen-bond acceptors (Lipinski definition) is 3. The van der Waals surface area contributed by atoms with Gasteiger partial charge in [0.2, 0.25) is 0 Å². The number of ether oxygens (including phenoxy) is 3. The Bertz CT molecular complexity index is 174. The van der Waals surface area contributed by atoms with E-state index in [1.807, 2.05) is 0 Å². The second kappa shape index (κ2) is 1.97. The summed E-state index contributed by atoms with van der Waals surface area (Å²) in [6.45, 7) is 1.52. The standard InChI is InChI=1S/C8H12O3/c1-2-8(9-3-4-10-8)5-7-6(1)11-7/h6-7H,1-5H2/t6?,7-/m0/s1. The zero-order valence-electron chi connectivity index (χ0n) is 6.41. The fraction of sp³-hybridized carbons (Fsp3) is 1.00. The summed E-state index contributed by atoms with van der Waals surface area (Å²) in [5.41, 5.74) is 0. The third-order valence-corrected chi connectivity index (χ3v) is 2.82. The molecule has 1 aliphatic carbocycles. The first-order valence-corrected chi connectivity index (χ1v) is 4.31. The summed E-state index contributed by atoms with van der Waals surface area (Å²) in [7, 11) is 0. The van der Waals surface area contributed by atoms with Crippen LogP contribution in [0, 0.1) is 0 Å². The van der Waals surface area contributed by atoms with Gasteiger partial charge in [-0.2, -0.15) is 0 Å². The van der Waals surface area contributed by atoms with Crippen LogP contribution in [-0.2, 0) is 14.2 Å². The lowest BCUT2D eigenvalue weighted by molar-refractivity contribution is -0.173. The summed E-state index contributed by atoms with van der Waals surface area (Å²) in [5.74, 6) is -0.238. The Kier molecular flexibility index (Phi) is 1.15. The van der Waals surface area contributed by atoms with E-state index in [1.165, 1.54) is 0 Å². The summed E-state index contributed by atoms with van der Waals surface area (Å²) in [4.78, 5) is 0. The van der Waals surface area contributed by atoms with Gasteiger partial charge in [0, 0.05) is 12.8 Å². The van der Waals surface area contributed by atoms with E-state index >= 15 is 0 Å². The molecular formula is C8H12O3. The molecule has 3 nitrogen and oxygen atoms in total. The van der Waals surface area contributed by atoms with Crippen molar-refractivity contribution in [1.82, 2.24) is 0 Å². The van der Waals surface area contributed by atoms with Crippen LogP contribution in [0.15, 0.2) is 0 Å². The lowest BCUT2D eigenvalue weighted by atomic mass is 9.94. The minimum atomic E-state index is -0.238. The minimum Gasteiger partial charge on any atom is -0.369 e. The highest BCUT2D eigenvalue weighted by Crippen LogP contribution is 2.45. The van der Waals surface area contributed by atoms with Gasteiger partial charge >= 0.3 is 0 Å². The van der Waals surface area contributed by atoms with Gasteiger partial charge in [-0.3, -0.25) is 0 Å². The maximum Gasteiger partial charge on any atom is 0.171 e. The van der Waals surface area contributed by atoms with Gasteiger partial charge in [0.25, 0.3) is 0 Å². The molecular weight excluding hydrogens is 144 g/mol. The number of epoxide rings is 1. The van der Waals surface area contributed by atoms with E-state index in [0.29, 0.717) is 12.2 Å². The number of fused-ring (bicyclic) bond motifs is 1. The fourth-order valence-corrected chi connectivity index (χ4v) is 2.14. The molecule has 3 rings (SSSR count). The van der Waals surface area contributed by atoms with E-state index in [1.54, 1.807) is 0 Å². The Morgan fingerprint density at radius 2 is 1.91 bits per heavy atom. The lowest BCUT2D eigenvalue weighted by Crippen LogP contribution is -2.35. The Balaban J connectivity index is 1.76. The SMILES string of the molecule is C1COC2(CCC3O[C@H]3C2)O1. The molecule has 3 aliphatic rings. The molecule has 3 heteroatoms. The van der Waals surface area contributed by atoms with Crippen LogP contribution in [0.25, 0.3) is 0 Å². The Morgan fingerprint density at radius 1 is 1.09 bits per heavy atom. The summed E-state index contributed by atoms with van der Waals surface area (Å²) in [6, 6.07) is 0. The van der Waals surface area contributed by atoms with Gasteiger partial charge in [-0.05, 0) is 6.42 Å². The van der Waals surface area contributed by atoms with Crippen LogP contribution in [-0.4, -0.2) is 31.2 Å². The zero-order valence-corrected chi connectivity index (χ0v) is 6.41. The Labute approximate surface area is 65.6 Å². The predicted octanol–water partition coefficient (Wildman–Crippen LogP) is 0.681. The highest BCUT2D eigenvalue weighted by atomic mass is 16.7. The summed E-state index contributed by atoms with van der Waals surface area (Å²) < 4.78 is 16.6. The molecule has 0 N–H and O–H groups in total. The van der Waals surface area contributed by atoms with Crippen LogP contribution in [0.1, 0.15) is 19.3 Å². The van der Waals surface area contributed by atoms with E-state index in [4.69, 9.17) is 14.2 Å². The van der Waals surface area contributed by atoms with Gasteiger partial charge in [-0.25, -0.2) is 0 Å². The molecule has 0 bridgehead atoms. The van der Waals surface area contributed by atoms with Crippen molar-refractivity contribution in [3.8, 4) is 0 Å². The van der Waals surface area contributed by atoms with E-state index in [0.717, 1.165) is 32.5 Å². The van der Waals surface area contributed by atoms with Crippen LogP contribution in [0.5, 0.6) is 0 Å². The minimum absolute atomic E-state index is 0.238. The van der Waals surface area contributed by atoms with Crippen LogP contribution >= 0.6 is 0 Å². The maximum atomic E-state index is 5.58. The first kappa shape index (κ1) is 6.40. The molecule has 11 heavy (non-hydrogen) atoms. The Hall–Kier alpha value is -0.120. The molecule has 2 saturated heterocycles. The highest BCUT2D eigenvalue weighted by molar-refractivity contribution is 4.97. The second-order valence-corrected chi connectivity index (χ2v) is 3.56. The lowest BCUT2D eigenvalue weighted by Gasteiger charge is -2.28. The first-order valence-electron chi connectivity index (χ1n) is 4.31. The quantitative estimate of drug-likeness (QED) is 0.483. The van der Waals surface area contributed by atoms with Crippen LogP contribution < -0.4 is 0 Å². The van der Waals surface area contributed by atoms with Gasteiger partial charge in [0.05, 0.1) is 25.4 Å². The van der Waals surface area contributed by atoms with Gasteiger partial charge in [0.15, 0.2) is 5.79 Å². The molecule has 0 aromatic heterocycles. The largest absolute Gasteiger partial charge is 0.369 e. The van der Waals surface area contributed by atoms with Crippen molar-refractivity contribution < 1.29 is 14.2 Å². The van der Waals surface area contributed by atoms with Crippen molar-refractivity contribution in [2.45, 2.75) is 37.3 Å². The van der Waals surface area contributed by atoms with Gasteiger partial charge < -0.3 is 14.2 Å². The molecule has 0 amide bonds. The number of rotatable bonds is 0. The predicted molar refractivity (Wildman–Crippen MR) is 37.1 cm³/mol. The van der Waals surface area contributed by atoms with E-state index in [2.05, 4.69) is 0 Å². The van der Waals surface area contributed by atoms with Crippen molar-refractivity contribution in [2.75, 3.05) is 13.2 Å². The smallest absolute Gasteiger partial charge is 0.171 e. The summed E-state index contributed by atoms with van der Waals surface area (Å²) >= 11 is 0. The third kappa shape index (κ3) is 0.916. The van der Waals surface area contributed by atoms with Crippen LogP contribution in [0.3, 0.4) is 0 Å². The molecule has 1 unspecified atom stereocenters. The fourth-order valence-electron chi connectivity index (χ4n) is 2.14. The molecule has 2 atom stereocenters. The summed E-state index contributed by atoms with van der Waals surface area (Å²) in [6.07, 6.45) is 4.08. The highest BCUT2D eigenvalue weighted by Gasteiger charge is 2.53. The summed E-state index contributed by atoms with van der Waals surface area (Å²) in [5, 5.41) is 0. The topological polar surface area (TPSA) is 31.0 Å². The Morgan fingerprint density at radius 3 is 2.64 bits per heavy atom. The molecule has 2 aliphatic heterocycles. The molecule has 0 aromatic rings. The van der Waals surface area contributed by atoms with E-state index < -0.39 is 0 Å². The molecule has 1 spiro atoms. The average molecular weight is 156 g/mol. The third-order valence-electron chi connectivity index (χ3n) is 2.82. The number of hydrogen-bond donors (Lipinski definition) is 0. The van der Waals surface area contributed by atoms with Gasteiger partial charge in [0.1, 0.15) is 0 Å². The normalized spacial score (nSPS) is 45.8. The van der Waals surface area contributed by atoms with Crippen molar-refractivity contribution in [1.29, 1.82) is 0 Å². The molecule has 2 heterocycles. The van der Waals surface area contributed by atoms with Crippen molar-refractivity contribution in [3.05, 3.63) is 0 Å². The maximum absolute atomic E-state index is 5.58. The van der Waals surface area contributed by atoms with Crippen molar-refractivity contribution >= 4 is 0 Å². The van der Waals surface area contributed by atoms with Gasteiger partial charge in [-0.1, -0.05) is 0 Å². The molecule has 0 radical (unpaired) electrons. The molecule has 3 fully saturated rings. The average Bonchev–Trinajstić information content (AvgIpc) is 2.63. The first-order chi connectivity index (χ1) is 5.38. The van der Waals surface area contributed by atoms with Crippen molar-refractivity contribution in [2.24, 2.45) is 0 Å². The van der Waals surface area contributed by atoms with Crippen molar-refractivity contribution in [3.63, 3.8) is 0 Å². The zero-order chi connectivity index (χ0) is 7.31. The van der Waals surface area contributed by atoms with Crippen LogP contribution in [0.2, 0.25) is 0 Å². The molecule has 1 saturated carbocycles.